The van der Waals surface area contributed by atoms with Crippen LogP contribution in [-0.4, -0.2) is 3.21 Å². The number of allylic oxidation sites excluding steroid dienone is 8. The van der Waals surface area contributed by atoms with Crippen LogP contribution in [0.4, 0.5) is 0 Å². The first kappa shape index (κ1) is 24.8. The van der Waals surface area contributed by atoms with Crippen molar-refractivity contribution in [3.8, 4) is 0 Å². The maximum absolute atomic E-state index is 2.65. The molecule has 0 amide bonds. The third-order valence-corrected chi connectivity index (χ3v) is 14.7. The standard InChI is InChI=1S/C9H11.C9H13.C8H8.2ClH.Zr/c1-2-5-9-7-3-6-8(9)4-1;1-3-8-6-5-7-9(8)4-2;1-2-8-6-4-3-5-7-8;;;/h3,6-7H,1-2,4-5H2;6H,3-4,7H2,1-2H3;3-7H,1H3;2*1H;/q;;;;;+2/p-2. The fourth-order valence-electron chi connectivity index (χ4n) is 5.20. The number of rotatable bonds is 5. The normalized spacial score (nSPS) is 20.7. The summed E-state index contributed by atoms with van der Waals surface area (Å²) in [5.41, 5.74) is 8.38. The topological polar surface area (TPSA) is 0 Å². The molecule has 154 valence electrons. The van der Waals surface area contributed by atoms with Gasteiger partial charge in [0.2, 0.25) is 0 Å². The number of benzene rings is 1. The second kappa shape index (κ2) is 11.2. The molecule has 0 bridgehead atoms. The number of halogens is 2. The fourth-order valence-corrected chi connectivity index (χ4v) is 13.9. The minimum absolute atomic E-state index is 0. The van der Waals surface area contributed by atoms with E-state index in [1.807, 2.05) is 8.85 Å². The predicted molar refractivity (Wildman–Crippen MR) is 115 cm³/mol. The average molecular weight is 507 g/mol. The van der Waals surface area contributed by atoms with Gasteiger partial charge in [-0.3, -0.25) is 0 Å². The Kier molecular flexibility index (Phi) is 9.59. The van der Waals surface area contributed by atoms with Crippen molar-refractivity contribution in [2.24, 2.45) is 0 Å². The summed E-state index contributed by atoms with van der Waals surface area (Å²) in [6, 6.07) is 11.3. The first-order chi connectivity index (χ1) is 13.2. The summed E-state index contributed by atoms with van der Waals surface area (Å²) in [4.78, 5) is 0. The van der Waals surface area contributed by atoms with Gasteiger partial charge < -0.3 is 24.8 Å². The summed E-state index contributed by atoms with van der Waals surface area (Å²) < 4.78 is 4.36. The summed E-state index contributed by atoms with van der Waals surface area (Å²) in [5, 5.41) is 0. The molecule has 0 saturated carbocycles. The van der Waals surface area contributed by atoms with Gasteiger partial charge in [-0.15, -0.1) is 0 Å². The zero-order chi connectivity index (χ0) is 18.8. The minimum atomic E-state index is -2.01. The Morgan fingerprint density at radius 1 is 1.00 bits per heavy atom. The molecule has 0 saturated heterocycles. The largest absolute Gasteiger partial charge is 1.00 e. The molecule has 3 aliphatic rings. The first-order valence-electron chi connectivity index (χ1n) is 10.8. The van der Waals surface area contributed by atoms with E-state index in [4.69, 9.17) is 0 Å². The van der Waals surface area contributed by atoms with E-state index in [1.54, 1.807) is 19.9 Å². The summed E-state index contributed by atoms with van der Waals surface area (Å²) in [6.07, 6.45) is 16.9. The zero-order valence-corrected chi connectivity index (χ0v) is 21.9. The molecule has 4 rings (SSSR count). The van der Waals surface area contributed by atoms with Crippen molar-refractivity contribution < 1.29 is 46.1 Å². The zero-order valence-electron chi connectivity index (χ0n) is 17.9. The molecule has 3 heteroatoms. The van der Waals surface area contributed by atoms with E-state index < -0.39 is 21.3 Å². The Labute approximate surface area is 197 Å². The molecule has 29 heavy (non-hydrogen) atoms. The molecule has 0 spiro atoms. The monoisotopic (exact) mass is 504 g/mol. The predicted octanol–water partition coefficient (Wildman–Crippen LogP) is 1.49. The van der Waals surface area contributed by atoms with Gasteiger partial charge >= 0.3 is 174 Å². The summed E-state index contributed by atoms with van der Waals surface area (Å²) in [6.45, 7) is 7.14. The van der Waals surface area contributed by atoms with Crippen LogP contribution >= 0.6 is 0 Å². The van der Waals surface area contributed by atoms with Gasteiger partial charge in [0.25, 0.3) is 0 Å². The quantitative estimate of drug-likeness (QED) is 0.568. The van der Waals surface area contributed by atoms with Gasteiger partial charge in [0.1, 0.15) is 0 Å². The van der Waals surface area contributed by atoms with Crippen molar-refractivity contribution in [3.05, 3.63) is 79.7 Å². The second-order valence-corrected chi connectivity index (χ2v) is 15.2. The van der Waals surface area contributed by atoms with Crippen LogP contribution in [0.3, 0.4) is 0 Å². The van der Waals surface area contributed by atoms with Crippen LogP contribution in [-0.2, 0) is 21.3 Å². The molecule has 0 aromatic heterocycles. The third-order valence-electron chi connectivity index (χ3n) is 6.70. The first-order valence-corrected chi connectivity index (χ1v) is 14.7. The van der Waals surface area contributed by atoms with Crippen molar-refractivity contribution in [1.29, 1.82) is 0 Å². The number of hydrogen-bond donors (Lipinski definition) is 0. The molecule has 0 radical (unpaired) electrons. The summed E-state index contributed by atoms with van der Waals surface area (Å²) >= 11 is -2.01. The Hall–Kier alpha value is -0.487. The molecule has 1 aromatic rings. The average Bonchev–Trinajstić information content (AvgIpc) is 3.33. The van der Waals surface area contributed by atoms with Gasteiger partial charge in [-0.2, -0.15) is 0 Å². The maximum Gasteiger partial charge on any atom is -1.00 e. The Morgan fingerprint density at radius 2 is 1.72 bits per heavy atom. The molecular weight excluding hydrogens is 474 g/mol. The Bertz CT molecular complexity index is 885. The van der Waals surface area contributed by atoms with Crippen molar-refractivity contribution in [2.75, 3.05) is 0 Å². The summed E-state index contributed by atoms with van der Waals surface area (Å²) in [7, 11) is 0. The van der Waals surface area contributed by atoms with E-state index in [0.29, 0.717) is 0 Å². The number of hydrogen-bond acceptors (Lipinski definition) is 0. The van der Waals surface area contributed by atoms with Crippen molar-refractivity contribution >= 4 is 3.21 Å². The van der Waals surface area contributed by atoms with Gasteiger partial charge in [0.15, 0.2) is 0 Å². The smallest absolute Gasteiger partial charge is 1.00 e. The van der Waals surface area contributed by atoms with Crippen LogP contribution < -0.4 is 24.8 Å². The van der Waals surface area contributed by atoms with Crippen molar-refractivity contribution in [2.45, 2.75) is 69.3 Å². The molecule has 3 aliphatic carbocycles. The van der Waals surface area contributed by atoms with Gasteiger partial charge in [-0.25, -0.2) is 0 Å². The van der Waals surface area contributed by atoms with Crippen LogP contribution in [0, 0.1) is 0 Å². The van der Waals surface area contributed by atoms with Gasteiger partial charge in [0.05, 0.1) is 0 Å². The molecule has 0 aliphatic heterocycles. The third kappa shape index (κ3) is 5.06. The van der Waals surface area contributed by atoms with E-state index in [9.17, 15) is 0 Å². The molecule has 0 fully saturated rings. The molecule has 1 atom stereocenters. The van der Waals surface area contributed by atoms with Gasteiger partial charge in [-0.1, -0.05) is 0 Å². The minimum Gasteiger partial charge on any atom is -1.00 e. The molecule has 1 unspecified atom stereocenters. The van der Waals surface area contributed by atoms with Crippen LogP contribution in [0.15, 0.2) is 74.1 Å². The summed E-state index contributed by atoms with van der Waals surface area (Å²) in [5.74, 6) is 0. The Morgan fingerprint density at radius 3 is 2.38 bits per heavy atom. The van der Waals surface area contributed by atoms with E-state index in [2.05, 4.69) is 69.3 Å². The van der Waals surface area contributed by atoms with Crippen molar-refractivity contribution in [3.63, 3.8) is 0 Å². The van der Waals surface area contributed by atoms with Gasteiger partial charge in [0, 0.05) is 0 Å². The van der Waals surface area contributed by atoms with E-state index in [0.717, 1.165) is 3.63 Å². The van der Waals surface area contributed by atoms with Crippen LogP contribution in [0.5, 0.6) is 0 Å². The van der Waals surface area contributed by atoms with E-state index in [1.165, 1.54) is 50.5 Å². The molecular formula is C26H32Cl2Zr. The van der Waals surface area contributed by atoms with E-state index in [-0.39, 0.29) is 24.8 Å². The molecule has 0 heterocycles. The van der Waals surface area contributed by atoms with Crippen LogP contribution in [0.1, 0.15) is 71.3 Å². The molecule has 0 N–H and O–H groups in total. The van der Waals surface area contributed by atoms with Gasteiger partial charge in [-0.05, 0) is 0 Å². The second-order valence-electron chi connectivity index (χ2n) is 8.18. The van der Waals surface area contributed by atoms with Crippen molar-refractivity contribution in [1.82, 2.24) is 0 Å². The van der Waals surface area contributed by atoms with Crippen LogP contribution in [0.25, 0.3) is 0 Å². The SMILES string of the molecule is CCC1=C(CC)C[C](/[Zr+2](=[C](/C)c2ccccc2)[CH]2C=CC3=C2CCCC3)=C1.[Cl-].[Cl-]. The maximum atomic E-state index is 2.65. The Balaban J connectivity index is 0.00000150. The van der Waals surface area contributed by atoms with Crippen LogP contribution in [0.2, 0.25) is 3.63 Å². The fraction of sp³-hybridized carbons (Fsp3) is 0.423. The van der Waals surface area contributed by atoms with E-state index >= 15 is 0 Å². The molecule has 1 aromatic carbocycles. The molecule has 0 nitrogen and oxygen atoms in total.